The van der Waals surface area contributed by atoms with Gasteiger partial charge in [0.15, 0.2) is 9.84 Å². The molecule has 1 rings (SSSR count). The maximum Gasteiger partial charge on any atom is 0.411 e. The molecule has 1 aromatic rings. The highest BCUT2D eigenvalue weighted by Crippen LogP contribution is 2.15. The first-order chi connectivity index (χ1) is 8.21. The number of alkyl halides is 3. The molecule has 0 saturated heterocycles. The maximum atomic E-state index is 12.8. The minimum atomic E-state index is -4.50. The Hall–Kier alpha value is -1.15. The molecule has 0 aliphatic rings. The molecule has 0 atom stereocenters. The maximum absolute atomic E-state index is 12.8. The minimum absolute atomic E-state index is 0.280. The quantitative estimate of drug-likeness (QED) is 0.615. The van der Waals surface area contributed by atoms with Gasteiger partial charge in [0, 0.05) is 0 Å². The van der Waals surface area contributed by atoms with Crippen LogP contribution in [0.15, 0.2) is 29.2 Å². The summed E-state index contributed by atoms with van der Waals surface area (Å²) in [6, 6.07) is 4.25. The van der Waals surface area contributed by atoms with Crippen LogP contribution in [0.3, 0.4) is 0 Å². The van der Waals surface area contributed by atoms with E-state index < -0.39 is 40.8 Å². The molecule has 0 aromatic heterocycles. The van der Waals surface area contributed by atoms with E-state index in [0.29, 0.717) is 0 Å². The van der Waals surface area contributed by atoms with Gasteiger partial charge in [0.25, 0.3) is 0 Å². The van der Waals surface area contributed by atoms with E-state index in [1.807, 2.05) is 0 Å². The summed E-state index contributed by atoms with van der Waals surface area (Å²) in [6.07, 6.45) is -4.50. The van der Waals surface area contributed by atoms with Crippen molar-refractivity contribution in [3.05, 3.63) is 30.1 Å². The first kappa shape index (κ1) is 14.9. The monoisotopic (exact) mass is 286 g/mol. The molecule has 0 bridgehead atoms. The van der Waals surface area contributed by atoms with E-state index >= 15 is 0 Å². The van der Waals surface area contributed by atoms with Crippen LogP contribution in [0.2, 0.25) is 0 Å². The number of hydrogen-bond acceptors (Lipinski definition) is 3. The highest BCUT2D eigenvalue weighted by molar-refractivity contribution is 7.91. The molecular weight excluding hydrogens is 276 g/mol. The van der Waals surface area contributed by atoms with Gasteiger partial charge >= 0.3 is 6.18 Å². The molecule has 0 N–H and O–H groups in total. The average molecular weight is 286 g/mol. The summed E-state index contributed by atoms with van der Waals surface area (Å²) in [5.41, 5.74) is 0. The van der Waals surface area contributed by atoms with E-state index in [1.54, 1.807) is 0 Å². The van der Waals surface area contributed by atoms with Crippen LogP contribution in [0.1, 0.15) is 0 Å². The third-order valence-corrected chi connectivity index (χ3v) is 3.59. The zero-order valence-electron chi connectivity index (χ0n) is 9.08. The molecule has 8 heteroatoms. The molecule has 0 heterocycles. The Bertz CT molecular complexity index is 496. The van der Waals surface area contributed by atoms with Crippen LogP contribution in [0, 0.1) is 5.82 Å². The zero-order valence-corrected chi connectivity index (χ0v) is 9.89. The van der Waals surface area contributed by atoms with Crippen LogP contribution >= 0.6 is 0 Å². The van der Waals surface area contributed by atoms with E-state index in [2.05, 4.69) is 4.74 Å². The summed E-state index contributed by atoms with van der Waals surface area (Å²) < 4.78 is 75.3. The Kier molecular flexibility index (Phi) is 4.69. The molecule has 0 spiro atoms. The SMILES string of the molecule is O=S(=O)(CCOCC(F)(F)F)c1cccc(F)c1. The summed E-state index contributed by atoms with van der Waals surface area (Å²) in [5, 5.41) is 0. The number of benzene rings is 1. The number of ether oxygens (including phenoxy) is 1. The van der Waals surface area contributed by atoms with Crippen molar-refractivity contribution in [3.8, 4) is 0 Å². The van der Waals surface area contributed by atoms with E-state index in [9.17, 15) is 26.0 Å². The van der Waals surface area contributed by atoms with Crippen LogP contribution < -0.4 is 0 Å². The second-order valence-electron chi connectivity index (χ2n) is 3.44. The van der Waals surface area contributed by atoms with Crippen LogP contribution in [0.4, 0.5) is 17.6 Å². The number of sulfone groups is 1. The van der Waals surface area contributed by atoms with Gasteiger partial charge in [0.2, 0.25) is 0 Å². The Morgan fingerprint density at radius 3 is 2.44 bits per heavy atom. The summed E-state index contributed by atoms with van der Waals surface area (Å²) >= 11 is 0. The molecular formula is C10H10F4O3S. The second kappa shape index (κ2) is 5.66. The van der Waals surface area contributed by atoms with Gasteiger partial charge in [-0.1, -0.05) is 6.07 Å². The Balaban J connectivity index is 2.56. The summed E-state index contributed by atoms with van der Waals surface area (Å²) in [4.78, 5) is -0.280. The van der Waals surface area contributed by atoms with E-state index in [0.717, 1.165) is 12.1 Å². The van der Waals surface area contributed by atoms with Gasteiger partial charge < -0.3 is 4.74 Å². The third-order valence-electron chi connectivity index (χ3n) is 1.92. The summed E-state index contributed by atoms with van der Waals surface area (Å²) in [6.45, 7) is -2.11. The predicted octanol–water partition coefficient (Wildman–Crippen LogP) is 2.18. The standard InChI is InChI=1S/C10H10F4O3S/c11-8-2-1-3-9(6-8)18(15,16)5-4-17-7-10(12,13)14/h1-3,6H,4-5,7H2. The first-order valence-corrected chi connectivity index (χ1v) is 6.49. The fourth-order valence-corrected chi connectivity index (χ4v) is 2.29. The molecule has 1 aromatic carbocycles. The van der Waals surface area contributed by atoms with Crippen molar-refractivity contribution in [1.82, 2.24) is 0 Å². The Labute approximate surface area is 101 Å². The molecule has 0 saturated carbocycles. The van der Waals surface area contributed by atoms with Crippen LogP contribution in [0.25, 0.3) is 0 Å². The lowest BCUT2D eigenvalue weighted by Gasteiger charge is -2.08. The zero-order chi connectivity index (χ0) is 13.8. The predicted molar refractivity (Wildman–Crippen MR) is 55.3 cm³/mol. The van der Waals surface area contributed by atoms with E-state index in [-0.39, 0.29) is 4.90 Å². The number of halogens is 4. The lowest BCUT2D eigenvalue weighted by Crippen LogP contribution is -2.20. The fraction of sp³-hybridized carbons (Fsp3) is 0.400. The average Bonchev–Trinajstić information content (AvgIpc) is 2.23. The smallest absolute Gasteiger partial charge is 0.371 e. The van der Waals surface area contributed by atoms with Crippen LogP contribution in [0.5, 0.6) is 0 Å². The Morgan fingerprint density at radius 2 is 1.89 bits per heavy atom. The summed E-state index contributed by atoms with van der Waals surface area (Å²) in [7, 11) is -3.83. The highest BCUT2D eigenvalue weighted by Gasteiger charge is 2.27. The van der Waals surface area contributed by atoms with Gasteiger partial charge in [-0.3, -0.25) is 0 Å². The van der Waals surface area contributed by atoms with Gasteiger partial charge in [-0.25, -0.2) is 12.8 Å². The van der Waals surface area contributed by atoms with Gasteiger partial charge in [-0.2, -0.15) is 13.2 Å². The van der Waals surface area contributed by atoms with E-state index in [4.69, 9.17) is 0 Å². The molecule has 0 unspecified atom stereocenters. The molecule has 3 nitrogen and oxygen atoms in total. The number of hydrogen-bond donors (Lipinski definition) is 0. The molecule has 0 aliphatic carbocycles. The highest BCUT2D eigenvalue weighted by atomic mass is 32.2. The van der Waals surface area contributed by atoms with Crippen molar-refractivity contribution < 1.29 is 30.7 Å². The Morgan fingerprint density at radius 1 is 1.22 bits per heavy atom. The lowest BCUT2D eigenvalue weighted by molar-refractivity contribution is -0.172. The van der Waals surface area contributed by atoms with Gasteiger partial charge in [0.1, 0.15) is 12.4 Å². The normalized spacial score (nSPS) is 12.7. The molecule has 0 radical (unpaired) electrons. The molecule has 0 aliphatic heterocycles. The second-order valence-corrected chi connectivity index (χ2v) is 5.55. The van der Waals surface area contributed by atoms with Crippen molar-refractivity contribution in [3.63, 3.8) is 0 Å². The molecule has 102 valence electrons. The number of rotatable bonds is 5. The van der Waals surface area contributed by atoms with Crippen LogP contribution in [-0.2, 0) is 14.6 Å². The van der Waals surface area contributed by atoms with Gasteiger partial charge in [0.05, 0.1) is 17.3 Å². The molecule has 0 fully saturated rings. The van der Waals surface area contributed by atoms with E-state index in [1.165, 1.54) is 12.1 Å². The molecule has 18 heavy (non-hydrogen) atoms. The van der Waals surface area contributed by atoms with Crippen molar-refractivity contribution in [2.24, 2.45) is 0 Å². The van der Waals surface area contributed by atoms with Gasteiger partial charge in [-0.05, 0) is 18.2 Å². The fourth-order valence-electron chi connectivity index (χ4n) is 1.13. The van der Waals surface area contributed by atoms with Crippen molar-refractivity contribution in [1.29, 1.82) is 0 Å². The van der Waals surface area contributed by atoms with Crippen LogP contribution in [-0.4, -0.2) is 33.6 Å². The lowest BCUT2D eigenvalue weighted by atomic mass is 10.4. The summed E-state index contributed by atoms with van der Waals surface area (Å²) in [5.74, 6) is -1.36. The topological polar surface area (TPSA) is 43.4 Å². The van der Waals surface area contributed by atoms with Gasteiger partial charge in [-0.15, -0.1) is 0 Å². The molecule has 0 amide bonds. The minimum Gasteiger partial charge on any atom is -0.371 e. The van der Waals surface area contributed by atoms with Crippen molar-refractivity contribution in [2.45, 2.75) is 11.1 Å². The third kappa shape index (κ3) is 5.01. The largest absolute Gasteiger partial charge is 0.411 e. The van der Waals surface area contributed by atoms with Crippen molar-refractivity contribution >= 4 is 9.84 Å². The van der Waals surface area contributed by atoms with Crippen molar-refractivity contribution in [2.75, 3.05) is 19.0 Å². The first-order valence-electron chi connectivity index (χ1n) is 4.83.